The minimum absolute atomic E-state index is 0.0452. The first-order valence-electron chi connectivity index (χ1n) is 9.57. The lowest BCUT2D eigenvalue weighted by Crippen LogP contribution is -2.57. The van der Waals surface area contributed by atoms with Gasteiger partial charge in [0.15, 0.2) is 0 Å². The smallest absolute Gasteiger partial charge is 0.223 e. The lowest BCUT2D eigenvalue weighted by atomic mass is 9.78. The van der Waals surface area contributed by atoms with Crippen LogP contribution in [0.15, 0.2) is 30.3 Å². The molecule has 25 heavy (non-hydrogen) atoms. The number of rotatable bonds is 3. The number of hydrogen-bond donors (Lipinski definition) is 0. The molecule has 4 nitrogen and oxygen atoms in total. The van der Waals surface area contributed by atoms with Crippen molar-refractivity contribution in [3.05, 3.63) is 35.9 Å². The summed E-state index contributed by atoms with van der Waals surface area (Å²) in [5.41, 5.74) is 1.48. The monoisotopic (exact) mass is 344 g/mol. The van der Waals surface area contributed by atoms with E-state index in [2.05, 4.69) is 60.9 Å². The molecule has 1 aromatic carbocycles. The van der Waals surface area contributed by atoms with E-state index >= 15 is 0 Å². The van der Waals surface area contributed by atoms with Gasteiger partial charge in [-0.3, -0.25) is 9.69 Å². The minimum atomic E-state index is 0.0452. The highest BCUT2D eigenvalue weighted by molar-refractivity contribution is 5.77. The molecule has 0 spiro atoms. The van der Waals surface area contributed by atoms with Gasteiger partial charge in [-0.2, -0.15) is 0 Å². The molecule has 2 aliphatic heterocycles. The van der Waals surface area contributed by atoms with Gasteiger partial charge in [-0.1, -0.05) is 51.1 Å². The fourth-order valence-corrected chi connectivity index (χ4v) is 4.22. The summed E-state index contributed by atoms with van der Waals surface area (Å²) in [5, 5.41) is 0. The number of amides is 1. The molecule has 0 unspecified atom stereocenters. The molecule has 2 heterocycles. The van der Waals surface area contributed by atoms with Gasteiger partial charge in [-0.05, 0) is 23.8 Å². The number of ether oxygens (including phenoxy) is 1. The van der Waals surface area contributed by atoms with Crippen molar-refractivity contribution in [3.63, 3.8) is 0 Å². The standard InChI is InChI=1S/C21H32N2O2/c1-20(2,3)17-19(24)22-11-9-21(10-12-22,18-7-5-4-6-8-18)23-13-15-25-16-14-23/h4-8H,9-17H2,1-3H3. The van der Waals surface area contributed by atoms with Crippen LogP contribution in [0, 0.1) is 5.41 Å². The molecule has 2 saturated heterocycles. The van der Waals surface area contributed by atoms with Crippen molar-refractivity contribution in [3.8, 4) is 0 Å². The van der Waals surface area contributed by atoms with Gasteiger partial charge in [0.25, 0.3) is 0 Å². The summed E-state index contributed by atoms with van der Waals surface area (Å²) in [6, 6.07) is 10.9. The van der Waals surface area contributed by atoms with Crippen LogP contribution in [-0.2, 0) is 15.1 Å². The third-order valence-electron chi connectivity index (χ3n) is 5.55. The lowest BCUT2D eigenvalue weighted by molar-refractivity contribution is -0.137. The third kappa shape index (κ3) is 4.24. The van der Waals surface area contributed by atoms with Gasteiger partial charge in [-0.25, -0.2) is 0 Å². The quantitative estimate of drug-likeness (QED) is 0.844. The Morgan fingerprint density at radius 2 is 1.64 bits per heavy atom. The first kappa shape index (κ1) is 18.4. The maximum Gasteiger partial charge on any atom is 0.223 e. The molecule has 4 heteroatoms. The zero-order valence-corrected chi connectivity index (χ0v) is 16.0. The van der Waals surface area contributed by atoms with Crippen LogP contribution in [0.4, 0.5) is 0 Å². The van der Waals surface area contributed by atoms with E-state index in [9.17, 15) is 4.79 Å². The highest BCUT2D eigenvalue weighted by Crippen LogP contribution is 2.39. The number of nitrogens with zero attached hydrogens (tertiary/aromatic N) is 2. The molecule has 2 aliphatic rings. The molecule has 0 bridgehead atoms. The van der Waals surface area contributed by atoms with E-state index in [-0.39, 0.29) is 11.0 Å². The second kappa shape index (κ2) is 7.46. The van der Waals surface area contributed by atoms with E-state index in [1.165, 1.54) is 5.56 Å². The van der Waals surface area contributed by atoms with Crippen LogP contribution in [-0.4, -0.2) is 55.1 Å². The predicted octanol–water partition coefficient (Wildman–Crippen LogP) is 3.27. The maximum absolute atomic E-state index is 12.6. The van der Waals surface area contributed by atoms with Crippen LogP contribution in [0.2, 0.25) is 0 Å². The van der Waals surface area contributed by atoms with Gasteiger partial charge in [0.1, 0.15) is 0 Å². The molecular formula is C21H32N2O2. The number of piperidine rings is 1. The van der Waals surface area contributed by atoms with E-state index in [1.54, 1.807) is 0 Å². The maximum atomic E-state index is 12.6. The van der Waals surface area contributed by atoms with E-state index in [0.29, 0.717) is 12.3 Å². The number of likely N-dealkylation sites (tertiary alicyclic amines) is 1. The topological polar surface area (TPSA) is 32.8 Å². The molecule has 2 fully saturated rings. The van der Waals surface area contributed by atoms with Crippen molar-refractivity contribution in [2.75, 3.05) is 39.4 Å². The Morgan fingerprint density at radius 1 is 1.04 bits per heavy atom. The first-order valence-corrected chi connectivity index (χ1v) is 9.57. The van der Waals surface area contributed by atoms with Gasteiger partial charge in [-0.15, -0.1) is 0 Å². The van der Waals surface area contributed by atoms with Crippen molar-refractivity contribution in [2.45, 2.75) is 45.6 Å². The fraction of sp³-hybridized carbons (Fsp3) is 0.667. The van der Waals surface area contributed by atoms with Crippen LogP contribution in [0.3, 0.4) is 0 Å². The van der Waals surface area contributed by atoms with Crippen LogP contribution < -0.4 is 0 Å². The van der Waals surface area contributed by atoms with E-state index < -0.39 is 0 Å². The summed E-state index contributed by atoms with van der Waals surface area (Å²) < 4.78 is 5.58. The molecule has 0 N–H and O–H groups in total. The molecular weight excluding hydrogens is 312 g/mol. The van der Waals surface area contributed by atoms with Gasteiger partial charge in [0.05, 0.1) is 13.2 Å². The molecule has 0 aromatic heterocycles. The lowest BCUT2D eigenvalue weighted by Gasteiger charge is -2.50. The Balaban J connectivity index is 1.76. The SMILES string of the molecule is CC(C)(C)CC(=O)N1CCC(c2ccccc2)(N2CCOCC2)CC1. The van der Waals surface area contributed by atoms with Crippen LogP contribution >= 0.6 is 0 Å². The minimum Gasteiger partial charge on any atom is -0.379 e. The van der Waals surface area contributed by atoms with Gasteiger partial charge in [0, 0.05) is 38.1 Å². The Kier molecular flexibility index (Phi) is 5.49. The summed E-state index contributed by atoms with van der Waals surface area (Å²) in [6.45, 7) is 11.7. The molecule has 3 rings (SSSR count). The molecule has 0 aliphatic carbocycles. The molecule has 1 aromatic rings. The van der Waals surface area contributed by atoms with Crippen molar-refractivity contribution >= 4 is 5.91 Å². The fourth-order valence-electron chi connectivity index (χ4n) is 4.22. The normalized spacial score (nSPS) is 22.0. The Hall–Kier alpha value is -1.39. The number of benzene rings is 1. The van der Waals surface area contributed by atoms with E-state index in [1.807, 2.05) is 0 Å². The first-order chi connectivity index (χ1) is 11.9. The Bertz CT molecular complexity index is 565. The molecule has 1 amide bonds. The van der Waals surface area contributed by atoms with Crippen molar-refractivity contribution in [1.29, 1.82) is 0 Å². The second-order valence-electron chi connectivity index (χ2n) is 8.62. The average molecular weight is 344 g/mol. The number of carbonyl (C=O) groups is 1. The average Bonchev–Trinajstić information content (AvgIpc) is 2.62. The van der Waals surface area contributed by atoms with E-state index in [0.717, 1.165) is 52.2 Å². The molecule has 138 valence electrons. The van der Waals surface area contributed by atoms with Gasteiger partial charge in [0.2, 0.25) is 5.91 Å². The van der Waals surface area contributed by atoms with Crippen molar-refractivity contribution in [1.82, 2.24) is 9.80 Å². The Morgan fingerprint density at radius 3 is 2.20 bits per heavy atom. The predicted molar refractivity (Wildman–Crippen MR) is 100 cm³/mol. The summed E-state index contributed by atoms with van der Waals surface area (Å²) >= 11 is 0. The van der Waals surface area contributed by atoms with Crippen LogP contribution in [0.5, 0.6) is 0 Å². The summed E-state index contributed by atoms with van der Waals surface area (Å²) in [4.78, 5) is 17.3. The largest absolute Gasteiger partial charge is 0.379 e. The van der Waals surface area contributed by atoms with Gasteiger partial charge >= 0.3 is 0 Å². The van der Waals surface area contributed by atoms with Gasteiger partial charge < -0.3 is 9.64 Å². The van der Waals surface area contributed by atoms with Crippen LogP contribution in [0.25, 0.3) is 0 Å². The number of hydrogen-bond acceptors (Lipinski definition) is 3. The van der Waals surface area contributed by atoms with Crippen LogP contribution in [0.1, 0.15) is 45.6 Å². The number of carbonyl (C=O) groups excluding carboxylic acids is 1. The molecule has 0 saturated carbocycles. The summed E-state index contributed by atoms with van der Waals surface area (Å²) in [7, 11) is 0. The summed E-state index contributed by atoms with van der Waals surface area (Å²) in [6.07, 6.45) is 2.64. The second-order valence-corrected chi connectivity index (χ2v) is 8.62. The zero-order chi connectivity index (χ0) is 17.9. The zero-order valence-electron chi connectivity index (χ0n) is 16.0. The highest BCUT2D eigenvalue weighted by atomic mass is 16.5. The molecule has 0 radical (unpaired) electrons. The van der Waals surface area contributed by atoms with Crippen molar-refractivity contribution < 1.29 is 9.53 Å². The van der Waals surface area contributed by atoms with Crippen molar-refractivity contribution in [2.24, 2.45) is 5.41 Å². The van der Waals surface area contributed by atoms with E-state index in [4.69, 9.17) is 4.74 Å². The highest BCUT2D eigenvalue weighted by Gasteiger charge is 2.42. The third-order valence-corrected chi connectivity index (χ3v) is 5.55. The Labute approximate surface area is 152 Å². The molecule has 0 atom stereocenters. The number of morpholine rings is 1. The summed E-state index contributed by atoms with van der Waals surface area (Å²) in [5.74, 6) is 0.302.